The van der Waals surface area contributed by atoms with Crippen molar-refractivity contribution in [3.05, 3.63) is 21.9 Å². The molecular weight excluding hydrogens is 244 g/mol. The highest BCUT2D eigenvalue weighted by Gasteiger charge is 2.15. The van der Waals surface area contributed by atoms with Gasteiger partial charge in [-0.15, -0.1) is 0 Å². The fourth-order valence-electron chi connectivity index (χ4n) is 0.770. The number of pyridine rings is 1. The molecule has 0 aliphatic heterocycles. The predicted octanol–water partition coefficient (Wildman–Crippen LogP) is 2.24. The minimum Gasteiger partial charge on any atom is -0.397 e. The second-order valence-electron chi connectivity index (χ2n) is 2.21. The van der Waals surface area contributed by atoms with Crippen LogP contribution in [0.4, 0.5) is 14.5 Å². The van der Waals surface area contributed by atoms with Gasteiger partial charge in [-0.2, -0.15) is 5.26 Å². The van der Waals surface area contributed by atoms with E-state index in [4.69, 9.17) is 11.0 Å². The van der Waals surface area contributed by atoms with Crippen LogP contribution in [0, 0.1) is 11.3 Å². The lowest BCUT2D eigenvalue weighted by atomic mass is 10.2. The van der Waals surface area contributed by atoms with Gasteiger partial charge in [-0.1, -0.05) is 0 Å². The molecule has 1 aromatic rings. The molecule has 0 atom stereocenters. The van der Waals surface area contributed by atoms with Crippen LogP contribution in [0.1, 0.15) is 17.8 Å². The third-order valence-corrected chi connectivity index (χ3v) is 1.95. The quantitative estimate of drug-likeness (QED) is 0.828. The summed E-state index contributed by atoms with van der Waals surface area (Å²) >= 11 is 2.98. The molecule has 0 amide bonds. The molecule has 0 fully saturated rings. The molecule has 0 aliphatic rings. The van der Waals surface area contributed by atoms with E-state index in [2.05, 4.69) is 20.9 Å². The first-order valence-electron chi connectivity index (χ1n) is 3.20. The smallest absolute Gasteiger partial charge is 0.282 e. The second kappa shape index (κ2) is 3.66. The van der Waals surface area contributed by atoms with Gasteiger partial charge in [0.15, 0.2) is 5.69 Å². The number of hydrogen-bond donors (Lipinski definition) is 1. The molecule has 1 aromatic heterocycles. The molecule has 0 saturated heterocycles. The van der Waals surface area contributed by atoms with Gasteiger partial charge >= 0.3 is 0 Å². The molecule has 0 bridgehead atoms. The number of nitrogens with zero attached hydrogens (tertiary/aromatic N) is 2. The van der Waals surface area contributed by atoms with E-state index in [1.807, 2.05) is 0 Å². The zero-order valence-corrected chi connectivity index (χ0v) is 7.85. The van der Waals surface area contributed by atoms with Gasteiger partial charge in [-0.05, 0) is 22.0 Å². The van der Waals surface area contributed by atoms with E-state index in [0.29, 0.717) is 4.47 Å². The lowest BCUT2D eigenvalue weighted by Crippen LogP contribution is -2.01. The summed E-state index contributed by atoms with van der Waals surface area (Å²) in [6.07, 6.45) is -2.76. The highest BCUT2D eigenvalue weighted by Crippen LogP contribution is 2.27. The van der Waals surface area contributed by atoms with Gasteiger partial charge < -0.3 is 5.73 Å². The van der Waals surface area contributed by atoms with Crippen LogP contribution in [0.3, 0.4) is 0 Å². The molecule has 68 valence electrons. The summed E-state index contributed by atoms with van der Waals surface area (Å²) in [6, 6.07) is 2.91. The number of anilines is 1. The van der Waals surface area contributed by atoms with Gasteiger partial charge in [0, 0.05) is 0 Å². The number of nitrogens with two attached hydrogens (primary N) is 1. The normalized spacial score (nSPS) is 10.1. The molecule has 6 heteroatoms. The molecule has 0 spiro atoms. The Morgan fingerprint density at radius 3 is 2.69 bits per heavy atom. The lowest BCUT2D eigenvalue weighted by molar-refractivity contribution is 0.147. The van der Waals surface area contributed by atoms with Crippen LogP contribution >= 0.6 is 15.9 Å². The summed E-state index contributed by atoms with van der Waals surface area (Å²) in [4.78, 5) is 3.41. The molecule has 0 aromatic carbocycles. The summed E-state index contributed by atoms with van der Waals surface area (Å²) in [6.45, 7) is 0. The number of aromatic nitrogens is 1. The first kappa shape index (κ1) is 9.86. The third-order valence-electron chi connectivity index (χ3n) is 1.35. The van der Waals surface area contributed by atoms with Crippen LogP contribution in [0.25, 0.3) is 0 Å². The maximum absolute atomic E-state index is 12.2. The standard InChI is InChI=1S/C7H4BrF2N3/c8-3-1-4(12)6(7(9)10)13-5(3)2-11/h1,7H,12H2. The van der Waals surface area contributed by atoms with Crippen LogP contribution in [-0.2, 0) is 0 Å². The molecule has 0 unspecified atom stereocenters. The minimum atomic E-state index is -2.76. The maximum Gasteiger partial charge on any atom is 0.282 e. The Morgan fingerprint density at radius 1 is 1.62 bits per heavy atom. The Kier molecular flexibility index (Phi) is 2.78. The van der Waals surface area contributed by atoms with Crippen molar-refractivity contribution in [3.63, 3.8) is 0 Å². The van der Waals surface area contributed by atoms with E-state index < -0.39 is 12.1 Å². The minimum absolute atomic E-state index is 0.0931. The monoisotopic (exact) mass is 247 g/mol. The van der Waals surface area contributed by atoms with E-state index >= 15 is 0 Å². The van der Waals surface area contributed by atoms with Crippen molar-refractivity contribution < 1.29 is 8.78 Å². The molecule has 0 radical (unpaired) electrons. The number of alkyl halides is 2. The SMILES string of the molecule is N#Cc1nc(C(F)F)c(N)cc1Br. The van der Waals surface area contributed by atoms with Crippen LogP contribution in [0.15, 0.2) is 10.5 Å². The molecule has 0 aliphatic carbocycles. The first-order chi connectivity index (χ1) is 6.06. The summed E-state index contributed by atoms with van der Waals surface area (Å²) in [5.74, 6) is 0. The zero-order chi connectivity index (χ0) is 10.0. The predicted molar refractivity (Wildman–Crippen MR) is 46.0 cm³/mol. The van der Waals surface area contributed by atoms with Crippen molar-refractivity contribution in [3.8, 4) is 6.07 Å². The van der Waals surface area contributed by atoms with E-state index in [1.54, 1.807) is 6.07 Å². The second-order valence-corrected chi connectivity index (χ2v) is 3.06. The Hall–Kier alpha value is -1.22. The van der Waals surface area contributed by atoms with Crippen LogP contribution < -0.4 is 5.73 Å². The first-order valence-corrected chi connectivity index (χ1v) is 3.99. The largest absolute Gasteiger partial charge is 0.397 e. The van der Waals surface area contributed by atoms with E-state index in [0.717, 1.165) is 0 Å². The molecule has 1 rings (SSSR count). The van der Waals surface area contributed by atoms with Crippen molar-refractivity contribution in [1.29, 1.82) is 5.26 Å². The fourth-order valence-corrected chi connectivity index (χ4v) is 1.19. The van der Waals surface area contributed by atoms with Gasteiger partial charge in [-0.25, -0.2) is 13.8 Å². The topological polar surface area (TPSA) is 62.7 Å². The van der Waals surface area contributed by atoms with E-state index in [-0.39, 0.29) is 11.4 Å². The van der Waals surface area contributed by atoms with Crippen molar-refractivity contribution >= 4 is 21.6 Å². The fraction of sp³-hybridized carbons (Fsp3) is 0.143. The third kappa shape index (κ3) is 1.92. The van der Waals surface area contributed by atoms with Gasteiger partial charge in [0.25, 0.3) is 6.43 Å². The number of rotatable bonds is 1. The van der Waals surface area contributed by atoms with Crippen molar-refractivity contribution in [2.45, 2.75) is 6.43 Å². The summed E-state index contributed by atoms with van der Waals surface area (Å²) in [7, 11) is 0. The Morgan fingerprint density at radius 2 is 2.23 bits per heavy atom. The number of halogens is 3. The summed E-state index contributed by atoms with van der Waals surface area (Å²) in [5.41, 5.74) is 4.49. The molecule has 1 heterocycles. The van der Waals surface area contributed by atoms with Gasteiger partial charge in [0.1, 0.15) is 11.8 Å². The highest BCUT2D eigenvalue weighted by atomic mass is 79.9. The van der Waals surface area contributed by atoms with Gasteiger partial charge in [0.2, 0.25) is 0 Å². The zero-order valence-electron chi connectivity index (χ0n) is 6.26. The average molecular weight is 248 g/mol. The number of hydrogen-bond acceptors (Lipinski definition) is 3. The molecule has 0 saturated carbocycles. The van der Waals surface area contributed by atoms with Crippen molar-refractivity contribution in [2.24, 2.45) is 0 Å². The van der Waals surface area contributed by atoms with Crippen LogP contribution in [-0.4, -0.2) is 4.98 Å². The van der Waals surface area contributed by atoms with Crippen molar-refractivity contribution in [2.75, 3.05) is 5.73 Å². The van der Waals surface area contributed by atoms with Crippen molar-refractivity contribution in [1.82, 2.24) is 4.98 Å². The van der Waals surface area contributed by atoms with Crippen LogP contribution in [0.5, 0.6) is 0 Å². The van der Waals surface area contributed by atoms with Gasteiger partial charge in [-0.3, -0.25) is 0 Å². The van der Waals surface area contributed by atoms with Crippen LogP contribution in [0.2, 0.25) is 0 Å². The molecule has 13 heavy (non-hydrogen) atoms. The molecule has 3 nitrogen and oxygen atoms in total. The van der Waals surface area contributed by atoms with Gasteiger partial charge in [0.05, 0.1) is 10.2 Å². The Bertz CT molecular complexity index is 373. The summed E-state index contributed by atoms with van der Waals surface area (Å²) < 4.78 is 24.7. The van der Waals surface area contributed by atoms with E-state index in [1.165, 1.54) is 6.07 Å². The average Bonchev–Trinajstić information content (AvgIpc) is 2.03. The number of nitriles is 1. The maximum atomic E-state index is 12.2. The van der Waals surface area contributed by atoms with E-state index in [9.17, 15) is 8.78 Å². The Balaban J connectivity index is 3.33. The lowest BCUT2D eigenvalue weighted by Gasteiger charge is -2.04. The summed E-state index contributed by atoms with van der Waals surface area (Å²) in [5, 5.41) is 8.49. The number of nitrogen functional groups attached to an aromatic ring is 1. The Labute approximate surface area is 81.3 Å². The molecule has 2 N–H and O–H groups in total. The molecular formula is C7H4BrF2N3. The highest BCUT2D eigenvalue weighted by molar-refractivity contribution is 9.10.